The van der Waals surface area contributed by atoms with Crippen LogP contribution >= 0.6 is 0 Å². The van der Waals surface area contributed by atoms with E-state index in [2.05, 4.69) is 0 Å². The number of fused-ring (bicyclic) bond motifs is 1. The zero-order chi connectivity index (χ0) is 15.4. The zero-order valence-corrected chi connectivity index (χ0v) is 11.7. The van der Waals surface area contributed by atoms with Crippen LogP contribution < -0.4 is 0 Å². The van der Waals surface area contributed by atoms with Crippen LogP contribution in [0.4, 0.5) is 13.2 Å². The van der Waals surface area contributed by atoms with E-state index in [1.54, 1.807) is 0 Å². The topological polar surface area (TPSA) is 40.5 Å². The molecule has 3 atom stereocenters. The van der Waals surface area contributed by atoms with Crippen LogP contribution in [0.2, 0.25) is 0 Å². The summed E-state index contributed by atoms with van der Waals surface area (Å²) in [6, 6.07) is 0.841. The van der Waals surface area contributed by atoms with Gasteiger partial charge in [-0.2, -0.15) is 4.39 Å². The van der Waals surface area contributed by atoms with Crippen molar-refractivity contribution in [3.63, 3.8) is 0 Å². The molecule has 21 heavy (non-hydrogen) atoms. The molecule has 0 aromatic heterocycles. The standard InChI is InChI=1S/C16H17F3O2/c1-16-5-4-8(6-9(16)2-3-12(16)20)10-7-11(17)15(21)14(19)13(10)18/h6-7,9,12,20-21H,2-5H2,1H3/t9?,12-,16-/m0/s1. The Balaban J connectivity index is 2.04. The van der Waals surface area contributed by atoms with E-state index in [4.69, 9.17) is 5.11 Å². The second kappa shape index (κ2) is 4.77. The molecule has 0 amide bonds. The molecule has 114 valence electrons. The first kappa shape index (κ1) is 14.4. The number of aliphatic hydroxyl groups is 1. The molecule has 0 radical (unpaired) electrons. The lowest BCUT2D eigenvalue weighted by molar-refractivity contribution is 0.0419. The van der Waals surface area contributed by atoms with Crippen molar-refractivity contribution in [2.24, 2.45) is 11.3 Å². The van der Waals surface area contributed by atoms with Crippen LogP contribution in [0.5, 0.6) is 5.75 Å². The lowest BCUT2D eigenvalue weighted by atomic mass is 9.69. The highest BCUT2D eigenvalue weighted by molar-refractivity contribution is 5.68. The van der Waals surface area contributed by atoms with Gasteiger partial charge in [0, 0.05) is 11.0 Å². The van der Waals surface area contributed by atoms with Gasteiger partial charge in [-0.3, -0.25) is 0 Å². The smallest absolute Gasteiger partial charge is 0.204 e. The molecule has 0 heterocycles. The van der Waals surface area contributed by atoms with E-state index in [0.717, 1.165) is 12.5 Å². The first-order valence-corrected chi connectivity index (χ1v) is 7.10. The summed E-state index contributed by atoms with van der Waals surface area (Å²) < 4.78 is 40.9. The molecule has 1 saturated carbocycles. The van der Waals surface area contributed by atoms with E-state index in [9.17, 15) is 18.3 Å². The number of aliphatic hydroxyl groups excluding tert-OH is 1. The Morgan fingerprint density at radius 1 is 1.19 bits per heavy atom. The van der Waals surface area contributed by atoms with Gasteiger partial charge >= 0.3 is 0 Å². The van der Waals surface area contributed by atoms with Gasteiger partial charge in [0.1, 0.15) is 0 Å². The SMILES string of the molecule is C[C@]12CCC(c3cc(F)c(O)c(F)c3F)=CC1CC[C@@H]2O. The van der Waals surface area contributed by atoms with Crippen LogP contribution in [0.15, 0.2) is 12.1 Å². The third-order valence-corrected chi connectivity index (χ3v) is 5.18. The van der Waals surface area contributed by atoms with Gasteiger partial charge in [-0.15, -0.1) is 0 Å². The maximum atomic E-state index is 14.0. The lowest BCUT2D eigenvalue weighted by Crippen LogP contribution is -2.33. The minimum atomic E-state index is -1.55. The first-order chi connectivity index (χ1) is 9.84. The predicted molar refractivity (Wildman–Crippen MR) is 72.0 cm³/mol. The summed E-state index contributed by atoms with van der Waals surface area (Å²) in [6.45, 7) is 2.00. The molecule has 0 saturated heterocycles. The molecule has 1 unspecified atom stereocenters. The number of phenolic OH excluding ortho intramolecular Hbond substituents is 1. The summed E-state index contributed by atoms with van der Waals surface area (Å²) >= 11 is 0. The summed E-state index contributed by atoms with van der Waals surface area (Å²) in [5, 5.41) is 19.2. The number of phenols is 1. The molecule has 1 fully saturated rings. The monoisotopic (exact) mass is 298 g/mol. The molecule has 5 heteroatoms. The number of hydrogen-bond donors (Lipinski definition) is 2. The molecule has 0 spiro atoms. The lowest BCUT2D eigenvalue weighted by Gasteiger charge is -2.37. The summed E-state index contributed by atoms with van der Waals surface area (Å²) in [6.07, 6.45) is 4.00. The highest BCUT2D eigenvalue weighted by Crippen LogP contribution is 2.52. The average Bonchev–Trinajstić information content (AvgIpc) is 2.76. The van der Waals surface area contributed by atoms with Gasteiger partial charge < -0.3 is 10.2 Å². The minimum Gasteiger partial charge on any atom is -0.503 e. The number of allylic oxidation sites excluding steroid dienone is 2. The second-order valence-corrected chi connectivity index (χ2v) is 6.28. The van der Waals surface area contributed by atoms with E-state index in [-0.39, 0.29) is 16.9 Å². The molecule has 2 nitrogen and oxygen atoms in total. The largest absolute Gasteiger partial charge is 0.503 e. The van der Waals surface area contributed by atoms with Crippen molar-refractivity contribution in [3.05, 3.63) is 35.2 Å². The van der Waals surface area contributed by atoms with Crippen molar-refractivity contribution in [3.8, 4) is 5.75 Å². The van der Waals surface area contributed by atoms with E-state index in [1.807, 2.05) is 13.0 Å². The molecule has 3 rings (SSSR count). The molecule has 2 N–H and O–H groups in total. The van der Waals surface area contributed by atoms with Crippen molar-refractivity contribution < 1.29 is 23.4 Å². The van der Waals surface area contributed by atoms with Crippen LogP contribution in [-0.4, -0.2) is 16.3 Å². The van der Waals surface area contributed by atoms with Crippen LogP contribution in [0.1, 0.15) is 38.2 Å². The van der Waals surface area contributed by atoms with E-state index >= 15 is 0 Å². The van der Waals surface area contributed by atoms with Gasteiger partial charge in [-0.1, -0.05) is 13.0 Å². The van der Waals surface area contributed by atoms with Crippen molar-refractivity contribution in [2.75, 3.05) is 0 Å². The Morgan fingerprint density at radius 3 is 2.62 bits per heavy atom. The van der Waals surface area contributed by atoms with Crippen molar-refractivity contribution in [1.29, 1.82) is 0 Å². The number of benzene rings is 1. The van der Waals surface area contributed by atoms with Gasteiger partial charge in [-0.05, 0) is 43.2 Å². The van der Waals surface area contributed by atoms with E-state index < -0.39 is 29.3 Å². The first-order valence-electron chi connectivity index (χ1n) is 7.10. The Hall–Kier alpha value is -1.49. The summed E-state index contributed by atoms with van der Waals surface area (Å²) in [5.41, 5.74) is 0.168. The van der Waals surface area contributed by atoms with Crippen LogP contribution in [0, 0.1) is 28.8 Å². The molecule has 1 aromatic rings. The zero-order valence-electron chi connectivity index (χ0n) is 11.7. The summed E-state index contributed by atoms with van der Waals surface area (Å²) in [5.74, 6) is -5.14. The quantitative estimate of drug-likeness (QED) is 0.775. The molecular formula is C16H17F3O2. The number of rotatable bonds is 1. The fourth-order valence-corrected chi connectivity index (χ4v) is 3.64. The molecule has 1 aromatic carbocycles. The van der Waals surface area contributed by atoms with Gasteiger partial charge in [-0.25, -0.2) is 8.78 Å². The van der Waals surface area contributed by atoms with Crippen LogP contribution in [0.25, 0.3) is 5.57 Å². The Bertz CT molecular complexity index is 626. The van der Waals surface area contributed by atoms with Gasteiger partial charge in [0.05, 0.1) is 6.10 Å². The average molecular weight is 298 g/mol. The van der Waals surface area contributed by atoms with Gasteiger partial charge in [0.25, 0.3) is 0 Å². The fraction of sp³-hybridized carbons (Fsp3) is 0.500. The third kappa shape index (κ3) is 2.06. The fourth-order valence-electron chi connectivity index (χ4n) is 3.64. The third-order valence-electron chi connectivity index (χ3n) is 5.18. The molecule has 0 bridgehead atoms. The molecule has 2 aliphatic rings. The Kier molecular flexibility index (Phi) is 3.28. The van der Waals surface area contributed by atoms with Crippen LogP contribution in [0.3, 0.4) is 0 Å². The maximum Gasteiger partial charge on any atom is 0.204 e. The van der Waals surface area contributed by atoms with Crippen molar-refractivity contribution >= 4 is 5.57 Å². The molecule has 2 aliphatic carbocycles. The van der Waals surface area contributed by atoms with Gasteiger partial charge in [0.2, 0.25) is 5.82 Å². The van der Waals surface area contributed by atoms with Gasteiger partial charge in [0.15, 0.2) is 17.4 Å². The Morgan fingerprint density at radius 2 is 1.90 bits per heavy atom. The van der Waals surface area contributed by atoms with Crippen molar-refractivity contribution in [2.45, 2.75) is 38.7 Å². The highest BCUT2D eigenvalue weighted by atomic mass is 19.2. The highest BCUT2D eigenvalue weighted by Gasteiger charge is 2.46. The molecular weight excluding hydrogens is 281 g/mol. The van der Waals surface area contributed by atoms with E-state index in [0.29, 0.717) is 24.8 Å². The number of aromatic hydroxyl groups is 1. The van der Waals surface area contributed by atoms with Crippen molar-refractivity contribution in [1.82, 2.24) is 0 Å². The Labute approximate surface area is 120 Å². The van der Waals surface area contributed by atoms with Crippen LogP contribution in [-0.2, 0) is 0 Å². The minimum absolute atomic E-state index is 0.0792. The molecule has 0 aliphatic heterocycles. The number of hydrogen-bond acceptors (Lipinski definition) is 2. The summed E-state index contributed by atoms with van der Waals surface area (Å²) in [7, 11) is 0. The summed E-state index contributed by atoms with van der Waals surface area (Å²) in [4.78, 5) is 0. The maximum absolute atomic E-state index is 14.0. The van der Waals surface area contributed by atoms with E-state index in [1.165, 1.54) is 0 Å². The predicted octanol–water partition coefficient (Wildman–Crippen LogP) is 3.76. The normalized spacial score (nSPS) is 32.0. The second-order valence-electron chi connectivity index (χ2n) is 6.28. The number of halogens is 3.